The van der Waals surface area contributed by atoms with E-state index in [1.165, 1.54) is 0 Å². The highest BCUT2D eigenvalue weighted by Crippen LogP contribution is 2.28. The maximum Gasteiger partial charge on any atom is 0.255 e. The number of benzene rings is 1. The normalized spacial score (nSPS) is 23.4. The molecule has 1 aromatic rings. The molecule has 2 rings (SSSR count). The Morgan fingerprint density at radius 1 is 1.56 bits per heavy atom. The molecule has 0 radical (unpaired) electrons. The Hall–Kier alpha value is -0.290. The second-order valence-corrected chi connectivity index (χ2v) is 6.31. The van der Waals surface area contributed by atoms with E-state index in [0.29, 0.717) is 11.8 Å². The molecule has 1 heterocycles. The number of aryl methyl sites for hydroxylation is 1. The van der Waals surface area contributed by atoms with Crippen LogP contribution in [0.3, 0.4) is 0 Å². The Kier molecular flexibility index (Phi) is 4.54. The molecule has 2 nitrogen and oxygen atoms in total. The first-order chi connectivity index (χ1) is 8.56. The maximum absolute atomic E-state index is 12.6. The van der Waals surface area contributed by atoms with E-state index in [1.54, 1.807) is 0 Å². The lowest BCUT2D eigenvalue weighted by Gasteiger charge is -2.25. The summed E-state index contributed by atoms with van der Waals surface area (Å²) in [5, 5.41) is 0. The maximum atomic E-state index is 12.6. The minimum absolute atomic E-state index is 0.123. The summed E-state index contributed by atoms with van der Waals surface area (Å²) in [5.41, 5.74) is 1.95. The van der Waals surface area contributed by atoms with Gasteiger partial charge < -0.3 is 4.90 Å². The first-order valence-electron chi connectivity index (χ1n) is 6.18. The molecule has 0 bridgehead atoms. The number of halogens is 2. The van der Waals surface area contributed by atoms with Gasteiger partial charge in [-0.2, -0.15) is 0 Å². The predicted octanol–water partition coefficient (Wildman–Crippen LogP) is 3.69. The fourth-order valence-corrected chi connectivity index (χ4v) is 3.52. The van der Waals surface area contributed by atoms with Gasteiger partial charge in [-0.15, -0.1) is 11.6 Å². The van der Waals surface area contributed by atoms with Gasteiger partial charge in [-0.3, -0.25) is 4.79 Å². The zero-order valence-electron chi connectivity index (χ0n) is 10.6. The highest BCUT2D eigenvalue weighted by molar-refractivity contribution is 14.1. The topological polar surface area (TPSA) is 20.3 Å². The summed E-state index contributed by atoms with van der Waals surface area (Å²) in [6.45, 7) is 5.02. The largest absolute Gasteiger partial charge is 0.334 e. The molecular formula is C14H17ClINO. The van der Waals surface area contributed by atoms with Crippen molar-refractivity contribution < 1.29 is 4.79 Å². The summed E-state index contributed by atoms with van der Waals surface area (Å²) in [7, 11) is 0. The Morgan fingerprint density at radius 2 is 2.28 bits per heavy atom. The van der Waals surface area contributed by atoms with Crippen molar-refractivity contribution in [2.24, 2.45) is 5.92 Å². The van der Waals surface area contributed by atoms with Gasteiger partial charge in [0.25, 0.3) is 5.91 Å². The first kappa shape index (κ1) is 14.1. The van der Waals surface area contributed by atoms with E-state index in [9.17, 15) is 4.79 Å². The summed E-state index contributed by atoms with van der Waals surface area (Å²) >= 11 is 8.25. The molecule has 0 aliphatic carbocycles. The van der Waals surface area contributed by atoms with Gasteiger partial charge in [0.05, 0.1) is 5.56 Å². The Morgan fingerprint density at radius 3 is 2.94 bits per heavy atom. The number of hydrogen-bond acceptors (Lipinski definition) is 1. The highest BCUT2D eigenvalue weighted by atomic mass is 127. The van der Waals surface area contributed by atoms with Gasteiger partial charge in [0.15, 0.2) is 0 Å². The molecule has 1 aliphatic heterocycles. The van der Waals surface area contributed by atoms with Crippen LogP contribution in [0.5, 0.6) is 0 Å². The number of carbonyl (C=O) groups is 1. The molecule has 2 unspecified atom stereocenters. The van der Waals surface area contributed by atoms with Crippen molar-refractivity contribution in [1.29, 1.82) is 0 Å². The number of carbonyl (C=O) groups excluding carboxylic acids is 1. The average Bonchev–Trinajstić information content (AvgIpc) is 2.73. The number of nitrogens with zero attached hydrogens (tertiary/aromatic N) is 1. The summed E-state index contributed by atoms with van der Waals surface area (Å²) in [6.07, 6.45) is 1.05. The fraction of sp³-hybridized carbons (Fsp3) is 0.500. The van der Waals surface area contributed by atoms with Crippen molar-refractivity contribution in [2.75, 3.05) is 12.4 Å². The molecule has 2 atom stereocenters. The summed E-state index contributed by atoms with van der Waals surface area (Å²) in [6, 6.07) is 6.06. The molecule has 98 valence electrons. The number of hydrogen-bond donors (Lipinski definition) is 0. The molecule has 1 amide bonds. The molecule has 1 aliphatic rings. The number of rotatable bonds is 2. The SMILES string of the molecule is Cc1cccc(C(=O)N2CCC(C)C2CCl)c1I. The van der Waals surface area contributed by atoms with Crippen molar-refractivity contribution in [3.8, 4) is 0 Å². The van der Waals surface area contributed by atoms with Crippen LogP contribution in [0.15, 0.2) is 18.2 Å². The molecular weight excluding hydrogens is 361 g/mol. The molecule has 0 N–H and O–H groups in total. The van der Waals surface area contributed by atoms with E-state index in [0.717, 1.165) is 27.7 Å². The van der Waals surface area contributed by atoms with Gasteiger partial charge in [0.2, 0.25) is 0 Å². The van der Waals surface area contributed by atoms with Crippen LogP contribution >= 0.6 is 34.2 Å². The van der Waals surface area contributed by atoms with Gasteiger partial charge in [0.1, 0.15) is 0 Å². The summed E-state index contributed by atoms with van der Waals surface area (Å²) < 4.78 is 1.05. The quantitative estimate of drug-likeness (QED) is 0.568. The van der Waals surface area contributed by atoms with Crippen molar-refractivity contribution in [3.63, 3.8) is 0 Å². The molecule has 1 fully saturated rings. The van der Waals surface area contributed by atoms with Crippen LogP contribution in [0.2, 0.25) is 0 Å². The van der Waals surface area contributed by atoms with Crippen LogP contribution in [0, 0.1) is 16.4 Å². The minimum atomic E-state index is 0.123. The minimum Gasteiger partial charge on any atom is -0.334 e. The van der Waals surface area contributed by atoms with Crippen molar-refractivity contribution in [3.05, 3.63) is 32.9 Å². The van der Waals surface area contributed by atoms with E-state index < -0.39 is 0 Å². The van der Waals surface area contributed by atoms with Gasteiger partial charge >= 0.3 is 0 Å². The van der Waals surface area contributed by atoms with Crippen molar-refractivity contribution >= 4 is 40.1 Å². The van der Waals surface area contributed by atoms with Crippen LogP contribution in [0.1, 0.15) is 29.3 Å². The lowest BCUT2D eigenvalue weighted by atomic mass is 10.0. The fourth-order valence-electron chi connectivity index (χ4n) is 2.46. The van der Waals surface area contributed by atoms with Gasteiger partial charge in [-0.25, -0.2) is 0 Å². The third kappa shape index (κ3) is 2.52. The molecule has 18 heavy (non-hydrogen) atoms. The van der Waals surface area contributed by atoms with E-state index >= 15 is 0 Å². The molecule has 4 heteroatoms. The van der Waals surface area contributed by atoms with Gasteiger partial charge in [-0.05, 0) is 53.5 Å². The lowest BCUT2D eigenvalue weighted by molar-refractivity contribution is 0.0736. The van der Waals surface area contributed by atoms with E-state index in [1.807, 2.05) is 30.0 Å². The number of amides is 1. The third-order valence-corrected chi connectivity index (χ3v) is 5.47. The Balaban J connectivity index is 2.29. The Bertz CT molecular complexity index is 463. The van der Waals surface area contributed by atoms with E-state index in [-0.39, 0.29) is 11.9 Å². The first-order valence-corrected chi connectivity index (χ1v) is 7.79. The smallest absolute Gasteiger partial charge is 0.255 e. The summed E-state index contributed by atoms with van der Waals surface area (Å²) in [4.78, 5) is 14.5. The van der Waals surface area contributed by atoms with Crippen molar-refractivity contribution in [2.45, 2.75) is 26.3 Å². The van der Waals surface area contributed by atoms with Gasteiger partial charge in [-0.1, -0.05) is 19.1 Å². The van der Waals surface area contributed by atoms with Crippen LogP contribution in [0.4, 0.5) is 0 Å². The molecule has 0 aromatic heterocycles. The van der Waals surface area contributed by atoms with Crippen LogP contribution < -0.4 is 0 Å². The monoisotopic (exact) mass is 377 g/mol. The number of likely N-dealkylation sites (tertiary alicyclic amines) is 1. The van der Waals surface area contributed by atoms with Crippen LogP contribution in [0.25, 0.3) is 0 Å². The van der Waals surface area contributed by atoms with E-state index in [2.05, 4.69) is 29.5 Å². The highest BCUT2D eigenvalue weighted by Gasteiger charge is 2.34. The van der Waals surface area contributed by atoms with Crippen LogP contribution in [-0.4, -0.2) is 29.3 Å². The van der Waals surface area contributed by atoms with Gasteiger partial charge in [0, 0.05) is 22.0 Å². The zero-order valence-corrected chi connectivity index (χ0v) is 13.5. The average molecular weight is 378 g/mol. The zero-order chi connectivity index (χ0) is 13.3. The predicted molar refractivity (Wildman–Crippen MR) is 83.2 cm³/mol. The Labute approximate surface area is 127 Å². The number of alkyl halides is 1. The third-order valence-electron chi connectivity index (χ3n) is 3.72. The molecule has 1 aromatic carbocycles. The standard InChI is InChI=1S/C14H17ClINO/c1-9-6-7-17(12(9)8-15)14(18)11-5-3-4-10(2)13(11)16/h3-5,9,12H,6-8H2,1-2H3. The molecule has 1 saturated heterocycles. The molecule has 0 spiro atoms. The van der Waals surface area contributed by atoms with E-state index in [4.69, 9.17) is 11.6 Å². The van der Waals surface area contributed by atoms with Crippen LogP contribution in [-0.2, 0) is 0 Å². The molecule has 0 saturated carbocycles. The van der Waals surface area contributed by atoms with Crippen molar-refractivity contribution in [1.82, 2.24) is 4.90 Å². The second kappa shape index (κ2) is 5.78. The second-order valence-electron chi connectivity index (χ2n) is 4.92. The summed E-state index contributed by atoms with van der Waals surface area (Å²) in [5.74, 6) is 1.14. The lowest BCUT2D eigenvalue weighted by Crippen LogP contribution is -2.39.